The molecule has 2 heterocycles. The van der Waals surface area contributed by atoms with Gasteiger partial charge in [0.25, 0.3) is 6.43 Å². The number of alkyl halides is 2. The number of furan rings is 1. The molecule has 0 bridgehead atoms. The van der Waals surface area contributed by atoms with Crippen molar-refractivity contribution in [3.8, 4) is 11.3 Å². The second kappa shape index (κ2) is 3.94. The zero-order valence-corrected chi connectivity index (χ0v) is 8.26. The zero-order chi connectivity index (χ0) is 10.8. The maximum absolute atomic E-state index is 12.5. The van der Waals surface area contributed by atoms with Gasteiger partial charge in [-0.3, -0.25) is 4.79 Å². The Bertz CT molecular complexity index is 473. The van der Waals surface area contributed by atoms with Crippen LogP contribution < -0.4 is 0 Å². The Morgan fingerprint density at radius 2 is 2.13 bits per heavy atom. The number of carbonyl (C=O) groups excluding carboxylic acids is 1. The highest BCUT2D eigenvalue weighted by Gasteiger charge is 2.17. The van der Waals surface area contributed by atoms with Gasteiger partial charge in [0.15, 0.2) is 12.0 Å². The summed E-state index contributed by atoms with van der Waals surface area (Å²) >= 11 is 1.18. The maximum Gasteiger partial charge on any atom is 0.265 e. The Morgan fingerprint density at radius 1 is 1.33 bits per heavy atom. The van der Waals surface area contributed by atoms with Crippen LogP contribution in [0.1, 0.15) is 22.5 Å². The predicted octanol–water partition coefficient (Wildman–Crippen LogP) is 3.76. The van der Waals surface area contributed by atoms with Gasteiger partial charge >= 0.3 is 0 Å². The van der Waals surface area contributed by atoms with Gasteiger partial charge in [-0.2, -0.15) is 11.3 Å². The molecule has 0 aromatic carbocycles. The summed E-state index contributed by atoms with van der Waals surface area (Å²) in [5.41, 5.74) is 0.287. The Hall–Kier alpha value is -1.49. The lowest BCUT2D eigenvalue weighted by atomic mass is 10.1. The van der Waals surface area contributed by atoms with Crippen molar-refractivity contribution >= 4 is 17.6 Å². The van der Waals surface area contributed by atoms with Crippen LogP contribution >= 0.6 is 11.3 Å². The van der Waals surface area contributed by atoms with E-state index in [1.54, 1.807) is 5.38 Å². The normalized spacial score (nSPS) is 10.9. The molecule has 2 rings (SSSR count). The van der Waals surface area contributed by atoms with Crippen LogP contribution in [0.5, 0.6) is 0 Å². The zero-order valence-electron chi connectivity index (χ0n) is 7.44. The van der Waals surface area contributed by atoms with E-state index in [-0.39, 0.29) is 11.3 Å². The maximum atomic E-state index is 12.5. The van der Waals surface area contributed by atoms with Crippen molar-refractivity contribution in [2.75, 3.05) is 0 Å². The van der Waals surface area contributed by atoms with Gasteiger partial charge in [0.1, 0.15) is 5.76 Å². The number of hydrogen-bond donors (Lipinski definition) is 0. The number of hydrogen-bond acceptors (Lipinski definition) is 3. The van der Waals surface area contributed by atoms with Gasteiger partial charge < -0.3 is 4.42 Å². The van der Waals surface area contributed by atoms with Gasteiger partial charge in [-0.15, -0.1) is 0 Å². The van der Waals surface area contributed by atoms with Crippen LogP contribution in [-0.4, -0.2) is 6.29 Å². The SMILES string of the molecule is O=Cc1ccc(-c2cscc2C(F)F)o1. The molecule has 0 saturated carbocycles. The van der Waals surface area contributed by atoms with Crippen molar-refractivity contribution in [2.45, 2.75) is 6.43 Å². The highest BCUT2D eigenvalue weighted by atomic mass is 32.1. The Labute approximate surface area is 88.1 Å². The van der Waals surface area contributed by atoms with E-state index in [1.165, 1.54) is 28.8 Å². The molecule has 0 unspecified atom stereocenters. The van der Waals surface area contributed by atoms with Crippen LogP contribution in [-0.2, 0) is 0 Å². The van der Waals surface area contributed by atoms with Crippen LogP contribution in [0.2, 0.25) is 0 Å². The molecule has 0 saturated heterocycles. The minimum absolute atomic E-state index is 0.0631. The third kappa shape index (κ3) is 1.83. The Kier molecular flexibility index (Phi) is 2.64. The summed E-state index contributed by atoms with van der Waals surface area (Å²) in [5.74, 6) is 0.435. The first-order valence-electron chi connectivity index (χ1n) is 4.12. The first-order chi connectivity index (χ1) is 7.22. The van der Waals surface area contributed by atoms with E-state index in [4.69, 9.17) is 4.42 Å². The molecule has 0 N–H and O–H groups in total. The quantitative estimate of drug-likeness (QED) is 0.749. The second-order valence-electron chi connectivity index (χ2n) is 2.86. The Morgan fingerprint density at radius 3 is 2.73 bits per heavy atom. The van der Waals surface area contributed by atoms with E-state index in [0.29, 0.717) is 17.6 Å². The van der Waals surface area contributed by atoms with Crippen LogP contribution in [0.15, 0.2) is 27.3 Å². The standard InChI is InChI=1S/C10H6F2O2S/c11-10(12)8-5-15-4-7(8)9-2-1-6(3-13)14-9/h1-5,10H. The number of thiophene rings is 1. The van der Waals surface area contributed by atoms with Gasteiger partial charge in [0.2, 0.25) is 0 Å². The molecule has 0 aliphatic carbocycles. The highest BCUT2D eigenvalue weighted by molar-refractivity contribution is 7.08. The van der Waals surface area contributed by atoms with Crippen molar-refractivity contribution in [3.63, 3.8) is 0 Å². The molecular formula is C10H6F2O2S. The summed E-state index contributed by atoms with van der Waals surface area (Å²) in [7, 11) is 0. The van der Waals surface area contributed by atoms with E-state index in [2.05, 4.69) is 0 Å². The molecule has 0 amide bonds. The van der Waals surface area contributed by atoms with E-state index in [0.717, 1.165) is 0 Å². The van der Waals surface area contributed by atoms with Crippen molar-refractivity contribution in [2.24, 2.45) is 0 Å². The van der Waals surface area contributed by atoms with Crippen molar-refractivity contribution in [1.29, 1.82) is 0 Å². The van der Waals surface area contributed by atoms with E-state index in [9.17, 15) is 13.6 Å². The average molecular weight is 228 g/mol. The highest BCUT2D eigenvalue weighted by Crippen LogP contribution is 2.34. The Balaban J connectivity index is 2.44. The molecule has 0 aliphatic rings. The number of carbonyl (C=O) groups is 1. The topological polar surface area (TPSA) is 30.2 Å². The van der Waals surface area contributed by atoms with Crippen LogP contribution in [0, 0.1) is 0 Å². The fourth-order valence-electron chi connectivity index (χ4n) is 1.24. The number of aldehydes is 1. The minimum atomic E-state index is -2.53. The van der Waals surface area contributed by atoms with Crippen LogP contribution in [0.3, 0.4) is 0 Å². The molecule has 0 aliphatic heterocycles. The molecule has 15 heavy (non-hydrogen) atoms. The molecule has 2 aromatic heterocycles. The molecule has 2 nitrogen and oxygen atoms in total. The third-order valence-electron chi connectivity index (χ3n) is 1.94. The molecule has 0 fully saturated rings. The van der Waals surface area contributed by atoms with Crippen molar-refractivity contribution in [3.05, 3.63) is 34.2 Å². The summed E-state index contributed by atoms with van der Waals surface area (Å²) in [6.45, 7) is 0. The number of rotatable bonds is 3. The lowest BCUT2D eigenvalue weighted by Crippen LogP contribution is -1.82. The summed E-state index contributed by atoms with van der Waals surface area (Å²) < 4.78 is 30.1. The molecule has 78 valence electrons. The van der Waals surface area contributed by atoms with Crippen molar-refractivity contribution < 1.29 is 18.0 Å². The fraction of sp³-hybridized carbons (Fsp3) is 0.100. The lowest BCUT2D eigenvalue weighted by Gasteiger charge is -1.98. The summed E-state index contributed by atoms with van der Waals surface area (Å²) in [5, 5.41) is 2.96. The largest absolute Gasteiger partial charge is 0.453 e. The van der Waals surface area contributed by atoms with Gasteiger partial charge in [-0.05, 0) is 12.1 Å². The van der Waals surface area contributed by atoms with E-state index < -0.39 is 6.43 Å². The van der Waals surface area contributed by atoms with E-state index in [1.807, 2.05) is 0 Å². The minimum Gasteiger partial charge on any atom is -0.453 e. The van der Waals surface area contributed by atoms with Crippen LogP contribution in [0.4, 0.5) is 8.78 Å². The number of halogens is 2. The summed E-state index contributed by atoms with van der Waals surface area (Å²) in [6, 6.07) is 2.97. The third-order valence-corrected chi connectivity index (χ3v) is 2.70. The average Bonchev–Trinajstić information content (AvgIpc) is 2.85. The second-order valence-corrected chi connectivity index (χ2v) is 3.60. The van der Waals surface area contributed by atoms with Gasteiger partial charge in [-0.25, -0.2) is 8.78 Å². The fourth-order valence-corrected chi connectivity index (χ4v) is 2.07. The lowest BCUT2D eigenvalue weighted by molar-refractivity contribution is 0.110. The van der Waals surface area contributed by atoms with E-state index >= 15 is 0 Å². The van der Waals surface area contributed by atoms with Gasteiger partial charge in [0.05, 0.1) is 0 Å². The molecular weight excluding hydrogens is 222 g/mol. The monoisotopic (exact) mass is 228 g/mol. The first kappa shape index (κ1) is 10.0. The molecule has 5 heteroatoms. The first-order valence-corrected chi connectivity index (χ1v) is 5.06. The van der Waals surface area contributed by atoms with Crippen LogP contribution in [0.25, 0.3) is 11.3 Å². The molecule has 0 atom stereocenters. The van der Waals surface area contributed by atoms with Crippen molar-refractivity contribution in [1.82, 2.24) is 0 Å². The molecule has 2 aromatic rings. The van der Waals surface area contributed by atoms with Gasteiger partial charge in [0, 0.05) is 21.9 Å². The summed E-state index contributed by atoms with van der Waals surface area (Å²) in [4.78, 5) is 10.4. The summed E-state index contributed by atoms with van der Waals surface area (Å²) in [6.07, 6.45) is -1.99. The predicted molar refractivity (Wildman–Crippen MR) is 52.4 cm³/mol. The smallest absolute Gasteiger partial charge is 0.265 e. The molecule has 0 spiro atoms. The van der Waals surface area contributed by atoms with Gasteiger partial charge in [-0.1, -0.05) is 0 Å². The molecule has 0 radical (unpaired) electrons.